The van der Waals surface area contributed by atoms with E-state index in [-0.39, 0.29) is 13.0 Å². The summed E-state index contributed by atoms with van der Waals surface area (Å²) in [6.45, 7) is 0.143. The standard InChI is InChI=1S/C22H22FN3O4S/c1-30-21-14-17(11-12-24-21)15-25-22(27)19(13-16-7-3-2-4-8-16)26-31(28,29)20-10-6-5-9-18(20)23/h2-12,14,19,26H,13,15H2,1H3,(H,25,27)/t19-/m0/s1. The third-order valence-electron chi connectivity index (χ3n) is 4.50. The van der Waals surface area contributed by atoms with Crippen LogP contribution in [0.1, 0.15) is 11.1 Å². The van der Waals surface area contributed by atoms with Crippen molar-refractivity contribution in [2.45, 2.75) is 23.9 Å². The summed E-state index contributed by atoms with van der Waals surface area (Å²) in [4.78, 5) is 16.4. The van der Waals surface area contributed by atoms with Crippen molar-refractivity contribution >= 4 is 15.9 Å². The number of halogens is 1. The van der Waals surface area contributed by atoms with E-state index in [0.717, 1.165) is 23.3 Å². The number of hydrogen-bond donors (Lipinski definition) is 2. The average Bonchev–Trinajstić information content (AvgIpc) is 2.78. The first-order valence-corrected chi connectivity index (χ1v) is 10.9. The molecule has 0 aliphatic carbocycles. The van der Waals surface area contributed by atoms with Crippen LogP contribution in [0, 0.1) is 5.82 Å². The van der Waals surface area contributed by atoms with Crippen molar-refractivity contribution in [3.63, 3.8) is 0 Å². The highest BCUT2D eigenvalue weighted by molar-refractivity contribution is 7.89. The molecule has 0 unspecified atom stereocenters. The van der Waals surface area contributed by atoms with E-state index in [1.54, 1.807) is 42.6 Å². The van der Waals surface area contributed by atoms with E-state index in [4.69, 9.17) is 4.74 Å². The van der Waals surface area contributed by atoms with Crippen LogP contribution in [0.5, 0.6) is 5.88 Å². The minimum Gasteiger partial charge on any atom is -0.481 e. The number of rotatable bonds is 9. The normalized spacial score (nSPS) is 12.2. The number of hydrogen-bond acceptors (Lipinski definition) is 5. The van der Waals surface area contributed by atoms with E-state index in [2.05, 4.69) is 15.0 Å². The van der Waals surface area contributed by atoms with Crippen molar-refractivity contribution in [1.82, 2.24) is 15.0 Å². The first-order valence-electron chi connectivity index (χ1n) is 9.46. The third-order valence-corrected chi connectivity index (χ3v) is 6.00. The Labute approximate surface area is 180 Å². The average molecular weight is 444 g/mol. The summed E-state index contributed by atoms with van der Waals surface area (Å²) in [6.07, 6.45) is 1.64. The van der Waals surface area contributed by atoms with Crippen LogP contribution in [0.4, 0.5) is 4.39 Å². The maximum Gasteiger partial charge on any atom is 0.244 e. The molecule has 1 amide bonds. The summed E-state index contributed by atoms with van der Waals surface area (Å²) in [7, 11) is -2.78. The molecule has 0 saturated heterocycles. The molecule has 3 rings (SSSR count). The maximum atomic E-state index is 14.1. The number of pyridine rings is 1. The lowest BCUT2D eigenvalue weighted by Gasteiger charge is -2.19. The molecular weight excluding hydrogens is 421 g/mol. The molecule has 2 N–H and O–H groups in total. The summed E-state index contributed by atoms with van der Waals surface area (Å²) in [5.41, 5.74) is 1.49. The fourth-order valence-electron chi connectivity index (χ4n) is 2.94. The fourth-order valence-corrected chi connectivity index (χ4v) is 4.21. The second-order valence-corrected chi connectivity index (χ2v) is 8.40. The van der Waals surface area contributed by atoms with Crippen LogP contribution < -0.4 is 14.8 Å². The van der Waals surface area contributed by atoms with Crippen LogP contribution in [0.15, 0.2) is 77.8 Å². The topological polar surface area (TPSA) is 97.4 Å². The first-order chi connectivity index (χ1) is 14.9. The number of ether oxygens (including phenoxy) is 1. The molecule has 0 spiro atoms. The molecule has 9 heteroatoms. The van der Waals surface area contributed by atoms with E-state index in [9.17, 15) is 17.6 Å². The zero-order valence-electron chi connectivity index (χ0n) is 16.8. The van der Waals surface area contributed by atoms with E-state index in [1.807, 2.05) is 6.07 Å². The lowest BCUT2D eigenvalue weighted by atomic mass is 10.1. The molecule has 0 saturated carbocycles. The van der Waals surface area contributed by atoms with Gasteiger partial charge in [0.2, 0.25) is 21.8 Å². The molecule has 0 fully saturated rings. The van der Waals surface area contributed by atoms with Crippen molar-refractivity contribution in [3.05, 3.63) is 89.9 Å². The van der Waals surface area contributed by atoms with Gasteiger partial charge in [-0.1, -0.05) is 42.5 Å². The molecule has 0 bridgehead atoms. The predicted octanol–water partition coefficient (Wildman–Crippen LogP) is 2.44. The summed E-state index contributed by atoms with van der Waals surface area (Å²) in [5, 5.41) is 2.72. The minimum atomic E-state index is -4.26. The molecule has 1 aromatic heterocycles. The molecule has 2 aromatic carbocycles. The van der Waals surface area contributed by atoms with E-state index in [0.29, 0.717) is 5.88 Å². The van der Waals surface area contributed by atoms with Gasteiger partial charge in [-0.2, -0.15) is 4.72 Å². The van der Waals surface area contributed by atoms with Gasteiger partial charge in [0, 0.05) is 18.8 Å². The monoisotopic (exact) mass is 443 g/mol. The first kappa shape index (κ1) is 22.4. The molecule has 0 radical (unpaired) electrons. The van der Waals surface area contributed by atoms with E-state index in [1.165, 1.54) is 19.2 Å². The highest BCUT2D eigenvalue weighted by Crippen LogP contribution is 2.15. The summed E-state index contributed by atoms with van der Waals surface area (Å²) in [5.74, 6) is -1.04. The summed E-state index contributed by atoms with van der Waals surface area (Å²) in [6, 6.07) is 16.2. The van der Waals surface area contributed by atoms with Crippen LogP contribution in [-0.4, -0.2) is 32.5 Å². The number of nitrogens with zero attached hydrogens (tertiary/aromatic N) is 1. The molecule has 162 valence electrons. The van der Waals surface area contributed by atoms with Gasteiger partial charge < -0.3 is 10.1 Å². The van der Waals surface area contributed by atoms with Crippen molar-refractivity contribution in [2.75, 3.05) is 7.11 Å². The second kappa shape index (κ2) is 10.1. The molecule has 7 nitrogen and oxygen atoms in total. The van der Waals surface area contributed by atoms with Crippen molar-refractivity contribution < 1.29 is 22.3 Å². The Kier molecular flexibility index (Phi) is 7.32. The van der Waals surface area contributed by atoms with Gasteiger partial charge >= 0.3 is 0 Å². The quantitative estimate of drug-likeness (QED) is 0.530. The molecule has 0 aliphatic rings. The van der Waals surface area contributed by atoms with Gasteiger partial charge in [0.25, 0.3) is 0 Å². The maximum absolute atomic E-state index is 14.1. The number of aromatic nitrogens is 1. The van der Waals surface area contributed by atoms with Crippen LogP contribution >= 0.6 is 0 Å². The Hall–Kier alpha value is -3.30. The third kappa shape index (κ3) is 6.09. The molecule has 1 atom stereocenters. The van der Waals surface area contributed by atoms with E-state index >= 15 is 0 Å². The van der Waals surface area contributed by atoms with Gasteiger partial charge in [-0.05, 0) is 35.7 Å². The lowest BCUT2D eigenvalue weighted by Crippen LogP contribution is -2.47. The van der Waals surface area contributed by atoms with Gasteiger partial charge in [-0.25, -0.2) is 17.8 Å². The van der Waals surface area contributed by atoms with Crippen molar-refractivity contribution in [2.24, 2.45) is 0 Å². The van der Waals surface area contributed by atoms with Crippen molar-refractivity contribution in [1.29, 1.82) is 0 Å². The van der Waals surface area contributed by atoms with Crippen molar-refractivity contribution in [3.8, 4) is 5.88 Å². The molecule has 1 heterocycles. The largest absolute Gasteiger partial charge is 0.481 e. The minimum absolute atomic E-state index is 0.0972. The van der Waals surface area contributed by atoms with Crippen LogP contribution in [-0.2, 0) is 27.8 Å². The van der Waals surface area contributed by atoms with Crippen LogP contribution in [0.25, 0.3) is 0 Å². The summed E-state index contributed by atoms with van der Waals surface area (Å²) < 4.78 is 47.0. The highest BCUT2D eigenvalue weighted by atomic mass is 32.2. The van der Waals surface area contributed by atoms with Gasteiger partial charge in [0.15, 0.2) is 0 Å². The number of nitrogens with one attached hydrogen (secondary N) is 2. The lowest BCUT2D eigenvalue weighted by molar-refractivity contribution is -0.122. The Morgan fingerprint density at radius 2 is 1.77 bits per heavy atom. The molecule has 3 aromatic rings. The zero-order valence-corrected chi connectivity index (χ0v) is 17.6. The van der Waals surface area contributed by atoms with Gasteiger partial charge in [-0.3, -0.25) is 4.79 Å². The van der Waals surface area contributed by atoms with Crippen LogP contribution in [0.2, 0.25) is 0 Å². The Balaban J connectivity index is 1.80. The molecule has 31 heavy (non-hydrogen) atoms. The number of benzene rings is 2. The highest BCUT2D eigenvalue weighted by Gasteiger charge is 2.27. The molecular formula is C22H22FN3O4S. The Bertz CT molecular complexity index is 1140. The fraction of sp³-hybridized carbons (Fsp3) is 0.182. The summed E-state index contributed by atoms with van der Waals surface area (Å²) >= 11 is 0. The predicted molar refractivity (Wildman–Crippen MR) is 113 cm³/mol. The Morgan fingerprint density at radius 1 is 1.06 bits per heavy atom. The SMILES string of the molecule is COc1cc(CNC(=O)[C@H](Cc2ccccc2)NS(=O)(=O)c2ccccc2F)ccn1. The van der Waals surface area contributed by atoms with E-state index < -0.39 is 32.7 Å². The number of carbonyl (C=O) groups is 1. The molecule has 0 aliphatic heterocycles. The van der Waals surface area contributed by atoms with Gasteiger partial charge in [-0.15, -0.1) is 0 Å². The number of sulfonamides is 1. The second-order valence-electron chi connectivity index (χ2n) is 6.72. The number of amides is 1. The smallest absolute Gasteiger partial charge is 0.244 e. The van der Waals surface area contributed by atoms with Gasteiger partial charge in [0.05, 0.1) is 7.11 Å². The number of carbonyl (C=O) groups excluding carboxylic acids is 1. The Morgan fingerprint density at radius 3 is 2.48 bits per heavy atom. The van der Waals surface area contributed by atoms with Gasteiger partial charge in [0.1, 0.15) is 16.8 Å². The van der Waals surface area contributed by atoms with Crippen LogP contribution in [0.3, 0.4) is 0 Å². The zero-order chi connectivity index (χ0) is 22.3. The number of methoxy groups -OCH3 is 1.